The summed E-state index contributed by atoms with van der Waals surface area (Å²) >= 11 is 1.17. The van der Waals surface area contributed by atoms with Crippen LogP contribution in [0.3, 0.4) is 0 Å². The number of nitrogens with zero attached hydrogens (tertiary/aromatic N) is 2. The lowest BCUT2D eigenvalue weighted by Gasteiger charge is -2.05. The molecule has 2 rings (SSSR count). The lowest BCUT2D eigenvalue weighted by molar-refractivity contribution is -0.142. The fraction of sp³-hybridized carbons (Fsp3) is 0.267. The van der Waals surface area contributed by atoms with Crippen LogP contribution in [0.5, 0.6) is 0 Å². The summed E-state index contributed by atoms with van der Waals surface area (Å²) in [6, 6.07) is 3.42. The minimum atomic E-state index is -2.81. The lowest BCUT2D eigenvalue weighted by Crippen LogP contribution is -2.07. The zero-order valence-electron chi connectivity index (χ0n) is 12.6. The molecule has 1 aromatic heterocycles. The Bertz CT molecular complexity index is 735. The molecule has 1 heterocycles. The van der Waals surface area contributed by atoms with Crippen molar-refractivity contribution in [1.29, 1.82) is 0 Å². The van der Waals surface area contributed by atoms with E-state index in [1.165, 1.54) is 17.4 Å². The van der Waals surface area contributed by atoms with Crippen LogP contribution in [0.4, 0.5) is 18.3 Å². The van der Waals surface area contributed by atoms with Crippen LogP contribution in [-0.2, 0) is 16.0 Å². The van der Waals surface area contributed by atoms with E-state index in [9.17, 15) is 18.0 Å². The molecule has 24 heavy (non-hydrogen) atoms. The van der Waals surface area contributed by atoms with E-state index in [2.05, 4.69) is 15.5 Å². The molecule has 9 heteroatoms. The molecule has 0 aliphatic carbocycles. The van der Waals surface area contributed by atoms with E-state index in [1.807, 2.05) is 0 Å². The SMILES string of the molecule is CCOC(=O)Cc1csc(NN=Cc2c(F)cccc2C(F)F)n1. The number of benzene rings is 1. The topological polar surface area (TPSA) is 63.6 Å². The molecule has 0 amide bonds. The Morgan fingerprint density at radius 2 is 2.29 bits per heavy atom. The molecule has 1 aromatic carbocycles. The average Bonchev–Trinajstić information content (AvgIpc) is 2.96. The van der Waals surface area contributed by atoms with Gasteiger partial charge in [-0.3, -0.25) is 10.2 Å². The van der Waals surface area contributed by atoms with E-state index in [0.717, 1.165) is 18.3 Å². The van der Waals surface area contributed by atoms with Crippen LogP contribution in [0.25, 0.3) is 0 Å². The second-order valence-corrected chi connectivity index (χ2v) is 5.40. The first-order chi connectivity index (χ1) is 11.5. The molecular weight excluding hydrogens is 343 g/mol. The zero-order valence-corrected chi connectivity index (χ0v) is 13.4. The van der Waals surface area contributed by atoms with Gasteiger partial charge in [0.25, 0.3) is 6.43 Å². The number of ether oxygens (including phenoxy) is 1. The number of nitrogens with one attached hydrogen (secondary N) is 1. The van der Waals surface area contributed by atoms with Crippen molar-refractivity contribution in [2.45, 2.75) is 19.8 Å². The van der Waals surface area contributed by atoms with Crippen LogP contribution < -0.4 is 5.43 Å². The van der Waals surface area contributed by atoms with E-state index in [0.29, 0.717) is 10.8 Å². The van der Waals surface area contributed by atoms with E-state index in [1.54, 1.807) is 12.3 Å². The van der Waals surface area contributed by atoms with Crippen molar-refractivity contribution < 1.29 is 22.7 Å². The van der Waals surface area contributed by atoms with E-state index < -0.39 is 23.8 Å². The number of aromatic nitrogens is 1. The van der Waals surface area contributed by atoms with Gasteiger partial charge >= 0.3 is 5.97 Å². The molecule has 0 aliphatic heterocycles. The Morgan fingerprint density at radius 1 is 1.50 bits per heavy atom. The Kier molecular flexibility index (Phi) is 6.30. The van der Waals surface area contributed by atoms with Gasteiger partial charge in [-0.05, 0) is 13.0 Å². The van der Waals surface area contributed by atoms with Crippen molar-refractivity contribution in [1.82, 2.24) is 4.98 Å². The number of hydrazone groups is 1. The van der Waals surface area contributed by atoms with E-state index in [-0.39, 0.29) is 18.6 Å². The number of hydrogen-bond acceptors (Lipinski definition) is 6. The first-order valence-corrected chi connectivity index (χ1v) is 7.85. The molecule has 128 valence electrons. The number of alkyl halides is 2. The Hall–Kier alpha value is -2.42. The minimum absolute atomic E-state index is 0.0264. The number of hydrogen-bond donors (Lipinski definition) is 1. The van der Waals surface area contributed by atoms with Gasteiger partial charge in [0.1, 0.15) is 5.82 Å². The molecule has 2 aromatic rings. The predicted octanol–water partition coefficient (Wildman–Crippen LogP) is 3.77. The Morgan fingerprint density at radius 3 is 3.00 bits per heavy atom. The van der Waals surface area contributed by atoms with Crippen molar-refractivity contribution >= 4 is 28.7 Å². The summed E-state index contributed by atoms with van der Waals surface area (Å²) in [7, 11) is 0. The van der Waals surface area contributed by atoms with E-state index in [4.69, 9.17) is 4.74 Å². The summed E-state index contributed by atoms with van der Waals surface area (Å²) in [6.07, 6.45) is -1.81. The molecule has 1 N–H and O–H groups in total. The maximum Gasteiger partial charge on any atom is 0.311 e. The fourth-order valence-electron chi connectivity index (χ4n) is 1.83. The number of carbonyl (C=O) groups is 1. The molecule has 0 saturated carbocycles. The highest BCUT2D eigenvalue weighted by molar-refractivity contribution is 7.13. The summed E-state index contributed by atoms with van der Waals surface area (Å²) in [5.41, 5.74) is 2.29. The van der Waals surface area contributed by atoms with Crippen molar-refractivity contribution in [3.05, 3.63) is 46.2 Å². The van der Waals surface area contributed by atoms with Crippen LogP contribution in [0.15, 0.2) is 28.7 Å². The molecule has 0 unspecified atom stereocenters. The van der Waals surface area contributed by atoms with Crippen LogP contribution >= 0.6 is 11.3 Å². The highest BCUT2D eigenvalue weighted by Crippen LogP contribution is 2.23. The monoisotopic (exact) mass is 357 g/mol. The van der Waals surface area contributed by atoms with Crippen LogP contribution in [0.1, 0.15) is 30.2 Å². The average molecular weight is 357 g/mol. The third kappa shape index (κ3) is 4.79. The molecule has 5 nitrogen and oxygen atoms in total. The van der Waals surface area contributed by atoms with Crippen LogP contribution in [-0.4, -0.2) is 23.8 Å². The van der Waals surface area contributed by atoms with Gasteiger partial charge in [0.2, 0.25) is 5.13 Å². The van der Waals surface area contributed by atoms with Gasteiger partial charge in [-0.25, -0.2) is 18.2 Å². The summed E-state index contributed by atoms with van der Waals surface area (Å²) < 4.78 is 44.1. The molecule has 0 spiro atoms. The Balaban J connectivity index is 2.03. The van der Waals surface area contributed by atoms with Gasteiger partial charge in [-0.2, -0.15) is 5.10 Å². The van der Waals surface area contributed by atoms with Crippen LogP contribution in [0, 0.1) is 5.82 Å². The number of rotatable bonds is 7. The van der Waals surface area contributed by atoms with E-state index >= 15 is 0 Å². The number of anilines is 1. The standard InChI is InChI=1S/C15H14F3N3O2S/c1-2-23-13(22)6-9-8-24-15(20-9)21-19-7-11-10(14(17)18)4-3-5-12(11)16/h3-5,7-8,14H,2,6H2,1H3,(H,20,21). The van der Waals surface area contributed by atoms with Crippen molar-refractivity contribution in [2.24, 2.45) is 5.10 Å². The molecule has 0 fully saturated rings. The van der Waals surface area contributed by atoms with Gasteiger partial charge < -0.3 is 4.74 Å². The van der Waals surface area contributed by atoms with Crippen molar-refractivity contribution in [3.63, 3.8) is 0 Å². The van der Waals surface area contributed by atoms with Gasteiger partial charge in [-0.15, -0.1) is 11.3 Å². The number of halogens is 3. The summed E-state index contributed by atoms with van der Waals surface area (Å²) in [5, 5.41) is 5.72. The zero-order chi connectivity index (χ0) is 17.5. The first kappa shape index (κ1) is 17.9. The molecule has 0 radical (unpaired) electrons. The quantitative estimate of drug-likeness (QED) is 0.465. The minimum Gasteiger partial charge on any atom is -0.466 e. The van der Waals surface area contributed by atoms with Gasteiger partial charge in [0.15, 0.2) is 0 Å². The normalized spacial score (nSPS) is 11.2. The maximum absolute atomic E-state index is 13.6. The molecule has 0 atom stereocenters. The lowest BCUT2D eigenvalue weighted by atomic mass is 10.1. The summed E-state index contributed by atoms with van der Waals surface area (Å²) in [6.45, 7) is 1.99. The number of esters is 1. The Labute approximate surface area is 140 Å². The second-order valence-electron chi connectivity index (χ2n) is 4.54. The molecule has 0 saturated heterocycles. The summed E-state index contributed by atoms with van der Waals surface area (Å²) in [4.78, 5) is 15.4. The van der Waals surface area contributed by atoms with Crippen molar-refractivity contribution in [3.8, 4) is 0 Å². The third-order valence-corrected chi connectivity index (χ3v) is 3.65. The van der Waals surface area contributed by atoms with Crippen molar-refractivity contribution in [2.75, 3.05) is 12.0 Å². The highest BCUT2D eigenvalue weighted by atomic mass is 32.1. The van der Waals surface area contributed by atoms with Crippen LogP contribution in [0.2, 0.25) is 0 Å². The number of thiazole rings is 1. The number of carbonyl (C=O) groups excluding carboxylic acids is 1. The van der Waals surface area contributed by atoms with Gasteiger partial charge in [-0.1, -0.05) is 12.1 Å². The maximum atomic E-state index is 13.6. The smallest absolute Gasteiger partial charge is 0.311 e. The first-order valence-electron chi connectivity index (χ1n) is 6.97. The van der Waals surface area contributed by atoms with Gasteiger partial charge in [0, 0.05) is 16.5 Å². The highest BCUT2D eigenvalue weighted by Gasteiger charge is 2.15. The summed E-state index contributed by atoms with van der Waals surface area (Å²) in [5.74, 6) is -1.19. The second kappa shape index (κ2) is 8.44. The predicted molar refractivity (Wildman–Crippen MR) is 85.0 cm³/mol. The molecular formula is C15H14F3N3O2S. The molecule has 0 aliphatic rings. The van der Waals surface area contributed by atoms with Gasteiger partial charge in [0.05, 0.1) is 24.9 Å². The molecule has 0 bridgehead atoms. The third-order valence-electron chi connectivity index (χ3n) is 2.86. The fourth-order valence-corrected chi connectivity index (χ4v) is 2.49. The largest absolute Gasteiger partial charge is 0.466 e.